The molecule has 1 rings (SSSR count). The van der Waals surface area contributed by atoms with Crippen LogP contribution in [0.4, 0.5) is 11.4 Å². The van der Waals surface area contributed by atoms with Crippen molar-refractivity contribution in [3.63, 3.8) is 0 Å². The zero-order valence-electron chi connectivity index (χ0n) is 44.2. The topological polar surface area (TPSA) is 184 Å². The van der Waals surface area contributed by atoms with Gasteiger partial charge in [-0.15, -0.1) is 0 Å². The Morgan fingerprint density at radius 3 is 1.24 bits per heavy atom. The maximum Gasteiger partial charge on any atom is 0.307 e. The van der Waals surface area contributed by atoms with Crippen LogP contribution in [0, 0.1) is 18.8 Å². The molecule has 402 valence electrons. The van der Waals surface area contributed by atoms with Crippen LogP contribution in [0.2, 0.25) is 0 Å². The molecule has 0 aromatic heterocycles. The minimum atomic E-state index is -1.01. The molecular weight excluding hydrogens is 889 g/mol. The summed E-state index contributed by atoms with van der Waals surface area (Å²) in [4.78, 5) is 50.5. The first-order valence-electron chi connectivity index (χ1n) is 27.5. The molecule has 0 saturated heterocycles. The average molecular weight is 987 g/mol. The molecule has 0 aliphatic carbocycles. The highest BCUT2D eigenvalue weighted by Gasteiger charge is 2.22. The summed E-state index contributed by atoms with van der Waals surface area (Å²) in [6, 6.07) is 5.81. The molecule has 1 aromatic rings. The fraction of sp³-hybridized carbons (Fsp3) is 0.754. The van der Waals surface area contributed by atoms with Gasteiger partial charge in [-0.3, -0.25) is 19.2 Å². The Morgan fingerprint density at radius 1 is 0.514 bits per heavy atom. The van der Waals surface area contributed by atoms with E-state index in [1.165, 1.54) is 128 Å². The number of aryl methyl sites for hydroxylation is 1. The second kappa shape index (κ2) is 46.2. The lowest BCUT2D eigenvalue weighted by molar-refractivity contribution is -0.152. The molecule has 0 fully saturated rings. The number of nitrogens with zero attached hydrogens (tertiary/aromatic N) is 1. The van der Waals surface area contributed by atoms with E-state index in [1.807, 2.05) is 49.4 Å². The van der Waals surface area contributed by atoms with Gasteiger partial charge in [-0.1, -0.05) is 167 Å². The van der Waals surface area contributed by atoms with Gasteiger partial charge in [-0.05, 0) is 69.2 Å². The largest absolute Gasteiger partial charge is 0.481 e. The van der Waals surface area contributed by atoms with Gasteiger partial charge in [0.15, 0.2) is 0 Å². The number of allylic oxidation sites excluding steroid dienone is 4. The van der Waals surface area contributed by atoms with Gasteiger partial charge in [-0.2, -0.15) is 0 Å². The van der Waals surface area contributed by atoms with Crippen molar-refractivity contribution >= 4 is 35.3 Å². The summed E-state index contributed by atoms with van der Waals surface area (Å²) in [5, 5.41) is 19.3. The first-order chi connectivity index (χ1) is 34.1. The third kappa shape index (κ3) is 37.8. The zero-order chi connectivity index (χ0) is 51.1. The quantitative estimate of drug-likeness (QED) is 0.0243. The number of aliphatic carboxylic acids is 2. The van der Waals surface area contributed by atoms with Gasteiger partial charge in [0.25, 0.3) is 0 Å². The molecule has 2 atom stereocenters. The lowest BCUT2D eigenvalue weighted by atomic mass is 10.0. The van der Waals surface area contributed by atoms with Crippen LogP contribution in [0.1, 0.15) is 199 Å². The number of carbonyl (C=O) groups is 4. The highest BCUT2D eigenvalue weighted by Crippen LogP contribution is 2.21. The molecule has 1 aromatic carbocycles. The van der Waals surface area contributed by atoms with Gasteiger partial charge in [0.2, 0.25) is 0 Å². The monoisotopic (exact) mass is 987 g/mol. The SMILES string of the molecule is CCCCCCCCCCC/C=C/CC(CC(=O)OCCOCCOCCN(CCOCCOC(=O)CC(C/C=C/CCCCCCCCCCCCCCC)C(=O)O)c1ccc(N)c(C)c1)C(=O)O. The molecule has 0 heterocycles. The first kappa shape index (κ1) is 64.1. The van der Waals surface area contributed by atoms with Crippen LogP contribution >= 0.6 is 0 Å². The number of anilines is 2. The Hall–Kier alpha value is -3.94. The van der Waals surface area contributed by atoms with Crippen molar-refractivity contribution in [1.82, 2.24) is 0 Å². The van der Waals surface area contributed by atoms with Crippen molar-refractivity contribution in [2.75, 3.05) is 76.6 Å². The number of benzene rings is 1. The number of nitrogens with two attached hydrogens (primary N) is 1. The van der Waals surface area contributed by atoms with Crippen LogP contribution in [0.25, 0.3) is 0 Å². The molecule has 2 unspecified atom stereocenters. The predicted molar refractivity (Wildman–Crippen MR) is 283 cm³/mol. The summed E-state index contributed by atoms with van der Waals surface area (Å²) >= 11 is 0. The Bertz CT molecular complexity index is 1520. The Morgan fingerprint density at radius 2 is 0.871 bits per heavy atom. The third-order valence-electron chi connectivity index (χ3n) is 12.6. The summed E-state index contributed by atoms with van der Waals surface area (Å²) in [5.41, 5.74) is 8.67. The van der Waals surface area contributed by atoms with Crippen LogP contribution in [0.3, 0.4) is 0 Å². The van der Waals surface area contributed by atoms with E-state index in [1.54, 1.807) is 0 Å². The molecule has 0 amide bonds. The number of unbranched alkanes of at least 4 members (excludes halogenated alkanes) is 22. The van der Waals surface area contributed by atoms with E-state index in [9.17, 15) is 29.4 Å². The van der Waals surface area contributed by atoms with Gasteiger partial charge in [0, 0.05) is 24.5 Å². The number of carbonyl (C=O) groups excluding carboxylic acids is 2. The number of rotatable bonds is 50. The number of nitrogen functional groups attached to an aromatic ring is 1. The molecular formula is C57H98N2O11. The summed E-state index contributed by atoms with van der Waals surface area (Å²) in [6.07, 6.45) is 38.3. The fourth-order valence-corrected chi connectivity index (χ4v) is 8.10. The number of hydrogen-bond acceptors (Lipinski definition) is 11. The van der Waals surface area contributed by atoms with Crippen molar-refractivity contribution in [3.8, 4) is 0 Å². The van der Waals surface area contributed by atoms with E-state index in [2.05, 4.69) is 18.7 Å². The maximum absolute atomic E-state index is 12.5. The van der Waals surface area contributed by atoms with Gasteiger partial charge in [0.05, 0.1) is 64.3 Å². The number of carboxylic acids is 2. The Balaban J connectivity index is 2.25. The van der Waals surface area contributed by atoms with Gasteiger partial charge >= 0.3 is 23.9 Å². The van der Waals surface area contributed by atoms with Gasteiger partial charge in [0.1, 0.15) is 13.2 Å². The molecule has 0 saturated carbocycles. The van der Waals surface area contributed by atoms with Crippen LogP contribution in [0.15, 0.2) is 42.5 Å². The fourth-order valence-electron chi connectivity index (χ4n) is 8.10. The summed E-state index contributed by atoms with van der Waals surface area (Å²) in [7, 11) is 0. The normalized spacial score (nSPS) is 12.4. The number of carboxylic acid groups (broad SMARTS) is 2. The molecule has 70 heavy (non-hydrogen) atoms. The van der Waals surface area contributed by atoms with Crippen LogP contribution in [-0.2, 0) is 42.9 Å². The highest BCUT2D eigenvalue weighted by molar-refractivity contribution is 5.79. The van der Waals surface area contributed by atoms with Gasteiger partial charge < -0.3 is 44.5 Å². The minimum Gasteiger partial charge on any atom is -0.481 e. The van der Waals surface area contributed by atoms with Crippen molar-refractivity contribution < 1.29 is 53.1 Å². The first-order valence-corrected chi connectivity index (χ1v) is 27.5. The van der Waals surface area contributed by atoms with Crippen molar-refractivity contribution in [2.24, 2.45) is 11.8 Å². The summed E-state index contributed by atoms with van der Waals surface area (Å²) < 4.78 is 27.7. The van der Waals surface area contributed by atoms with Gasteiger partial charge in [-0.25, -0.2) is 0 Å². The molecule has 0 spiro atoms. The molecule has 0 aliphatic heterocycles. The number of hydrogen-bond donors (Lipinski definition) is 3. The molecule has 13 nitrogen and oxygen atoms in total. The number of esters is 2. The minimum absolute atomic E-state index is 0.0309. The lowest BCUT2D eigenvalue weighted by Gasteiger charge is -2.25. The smallest absolute Gasteiger partial charge is 0.307 e. The van der Waals surface area contributed by atoms with Crippen LogP contribution in [-0.4, -0.2) is 100 Å². The average Bonchev–Trinajstić information content (AvgIpc) is 3.33. The zero-order valence-corrected chi connectivity index (χ0v) is 44.2. The van der Waals surface area contributed by atoms with E-state index in [-0.39, 0.29) is 39.3 Å². The lowest BCUT2D eigenvalue weighted by Crippen LogP contribution is -2.31. The molecule has 13 heteroatoms. The Labute approximate surface area is 424 Å². The number of ether oxygens (including phenoxy) is 5. The summed E-state index contributed by atoms with van der Waals surface area (Å²) in [6.45, 7) is 9.33. The van der Waals surface area contributed by atoms with Crippen molar-refractivity contribution in [2.45, 2.75) is 201 Å². The van der Waals surface area contributed by atoms with Crippen molar-refractivity contribution in [3.05, 3.63) is 48.1 Å². The van der Waals surface area contributed by atoms with E-state index >= 15 is 0 Å². The second-order valence-electron chi connectivity index (χ2n) is 18.8. The molecule has 0 radical (unpaired) electrons. The Kier molecular flexibility index (Phi) is 42.2. The third-order valence-corrected chi connectivity index (χ3v) is 12.6. The summed E-state index contributed by atoms with van der Waals surface area (Å²) in [5.74, 6) is -4.77. The van der Waals surface area contributed by atoms with Crippen LogP contribution < -0.4 is 10.6 Å². The van der Waals surface area contributed by atoms with Crippen LogP contribution in [0.5, 0.6) is 0 Å². The predicted octanol–water partition coefficient (Wildman–Crippen LogP) is 13.0. The van der Waals surface area contributed by atoms with Crippen molar-refractivity contribution in [1.29, 1.82) is 0 Å². The second-order valence-corrected chi connectivity index (χ2v) is 18.8. The molecule has 4 N–H and O–H groups in total. The standard InChI is InChI=1S/C57H98N2O11/c1-4-6-8-10-12-14-16-18-19-20-21-23-25-27-29-30-32-50(56(62)63)47-54(60)69-44-42-67-39-37-59(52-34-35-53(58)49(3)46-52)36-38-66-40-41-68-43-45-70-55(61)48-51(57(64)65)33-31-28-26-24-22-17-15-13-11-9-7-5-2/h28-31,34-35,46,50-51H,4-27,32-33,36-45,47-48,58H2,1-3H3,(H,62,63)(H,64,65)/b30-29+,31-28+. The van der Waals surface area contributed by atoms with E-state index in [4.69, 9.17) is 29.4 Å². The molecule has 0 aliphatic rings. The van der Waals surface area contributed by atoms with E-state index < -0.39 is 35.7 Å². The van der Waals surface area contributed by atoms with E-state index in [0.717, 1.165) is 36.9 Å². The van der Waals surface area contributed by atoms with E-state index in [0.29, 0.717) is 58.0 Å². The maximum atomic E-state index is 12.5. The molecule has 0 bridgehead atoms. The highest BCUT2D eigenvalue weighted by atomic mass is 16.6.